The third-order valence-electron chi connectivity index (χ3n) is 3.86. The number of ether oxygens (including phenoxy) is 1. The van der Waals surface area contributed by atoms with E-state index in [0.717, 1.165) is 71.2 Å². The topological polar surface area (TPSA) is 78.0 Å². The predicted octanol–water partition coefficient (Wildman–Crippen LogP) is -0.458. The Balaban J connectivity index is 1.48. The van der Waals surface area contributed by atoms with E-state index in [9.17, 15) is 4.79 Å². The lowest BCUT2D eigenvalue weighted by atomic mass is 10.3. The summed E-state index contributed by atoms with van der Waals surface area (Å²) in [6.07, 6.45) is 3.68. The Morgan fingerprint density at radius 2 is 1.95 bits per heavy atom. The summed E-state index contributed by atoms with van der Waals surface area (Å²) in [5.41, 5.74) is 0. The third-order valence-corrected chi connectivity index (χ3v) is 3.86. The van der Waals surface area contributed by atoms with Gasteiger partial charge in [0.25, 0.3) is 0 Å². The first-order valence-corrected chi connectivity index (χ1v) is 8.32. The minimum atomic E-state index is 0.166. The molecule has 1 saturated heterocycles. The fraction of sp³-hybridized carbons (Fsp3) is 0.867. The number of nitrogens with zero attached hydrogens (tertiary/aromatic N) is 2. The maximum atomic E-state index is 11.6. The van der Waals surface area contributed by atoms with Gasteiger partial charge in [-0.15, -0.1) is 0 Å². The van der Waals surface area contributed by atoms with Crippen LogP contribution in [0.15, 0.2) is 4.99 Å². The summed E-state index contributed by atoms with van der Waals surface area (Å²) in [5, 5.41) is 9.55. The van der Waals surface area contributed by atoms with Gasteiger partial charge in [-0.2, -0.15) is 0 Å². The molecule has 2 rings (SSSR count). The van der Waals surface area contributed by atoms with E-state index in [4.69, 9.17) is 4.74 Å². The predicted molar refractivity (Wildman–Crippen MR) is 87.0 cm³/mol. The van der Waals surface area contributed by atoms with Crippen molar-refractivity contribution < 1.29 is 9.53 Å². The molecule has 1 aliphatic carbocycles. The van der Waals surface area contributed by atoms with Crippen molar-refractivity contribution in [3.05, 3.63) is 0 Å². The van der Waals surface area contributed by atoms with Gasteiger partial charge in [0.15, 0.2) is 5.96 Å². The fourth-order valence-electron chi connectivity index (χ4n) is 2.36. The monoisotopic (exact) mass is 311 g/mol. The van der Waals surface area contributed by atoms with Crippen LogP contribution in [-0.2, 0) is 9.53 Å². The lowest BCUT2D eigenvalue weighted by Gasteiger charge is -2.26. The minimum absolute atomic E-state index is 0.166. The summed E-state index contributed by atoms with van der Waals surface area (Å²) < 4.78 is 5.33. The Kier molecular flexibility index (Phi) is 7.45. The summed E-state index contributed by atoms with van der Waals surface area (Å²) >= 11 is 0. The highest BCUT2D eigenvalue weighted by atomic mass is 16.5. The highest BCUT2D eigenvalue weighted by Crippen LogP contribution is 2.18. The van der Waals surface area contributed by atoms with Crippen molar-refractivity contribution in [2.24, 2.45) is 4.99 Å². The Hall–Kier alpha value is -1.34. The lowest BCUT2D eigenvalue weighted by molar-refractivity contribution is -0.121. The zero-order valence-electron chi connectivity index (χ0n) is 13.6. The molecule has 1 aliphatic heterocycles. The Morgan fingerprint density at radius 1 is 1.23 bits per heavy atom. The number of rotatable bonds is 8. The molecule has 0 atom stereocenters. The van der Waals surface area contributed by atoms with Gasteiger partial charge in [0.05, 0.1) is 13.2 Å². The van der Waals surface area contributed by atoms with Crippen LogP contribution in [0.2, 0.25) is 0 Å². The molecule has 0 spiro atoms. The van der Waals surface area contributed by atoms with E-state index in [1.165, 1.54) is 0 Å². The molecule has 0 unspecified atom stereocenters. The molecule has 3 N–H and O–H groups in total. The quantitative estimate of drug-likeness (QED) is 0.321. The van der Waals surface area contributed by atoms with Gasteiger partial charge in [-0.05, 0) is 19.3 Å². The van der Waals surface area contributed by atoms with Crippen LogP contribution < -0.4 is 16.0 Å². The fourth-order valence-corrected chi connectivity index (χ4v) is 2.36. The zero-order valence-corrected chi connectivity index (χ0v) is 13.6. The number of morpholine rings is 1. The van der Waals surface area contributed by atoms with Crippen molar-refractivity contribution in [2.75, 3.05) is 53.0 Å². The van der Waals surface area contributed by atoms with Crippen LogP contribution in [0.4, 0.5) is 0 Å². The zero-order chi connectivity index (χ0) is 15.6. The van der Waals surface area contributed by atoms with Crippen LogP contribution >= 0.6 is 0 Å². The van der Waals surface area contributed by atoms with E-state index in [2.05, 4.69) is 25.8 Å². The molecule has 22 heavy (non-hydrogen) atoms. The third kappa shape index (κ3) is 7.09. The summed E-state index contributed by atoms with van der Waals surface area (Å²) in [6, 6.07) is 0.454. The van der Waals surface area contributed by atoms with Crippen LogP contribution in [-0.4, -0.2) is 75.8 Å². The number of carbonyl (C=O) groups is 1. The first kappa shape index (κ1) is 17.0. The van der Waals surface area contributed by atoms with E-state index in [1.54, 1.807) is 7.05 Å². The number of hydrogen-bond acceptors (Lipinski definition) is 4. The smallest absolute Gasteiger partial charge is 0.220 e. The SMILES string of the molecule is CN=C(NCCCC(=O)NC1CC1)NCCN1CCOCC1. The van der Waals surface area contributed by atoms with E-state index in [0.29, 0.717) is 12.5 Å². The molecule has 1 heterocycles. The first-order valence-electron chi connectivity index (χ1n) is 8.32. The number of hydrogen-bond donors (Lipinski definition) is 3. The average Bonchev–Trinajstić information content (AvgIpc) is 3.34. The molecular formula is C15H29N5O2. The number of nitrogens with one attached hydrogen (secondary N) is 3. The molecule has 0 radical (unpaired) electrons. The maximum absolute atomic E-state index is 11.6. The van der Waals surface area contributed by atoms with Gasteiger partial charge in [-0.1, -0.05) is 0 Å². The number of aliphatic imine (C=N–C) groups is 1. The van der Waals surface area contributed by atoms with Gasteiger partial charge in [0.1, 0.15) is 0 Å². The van der Waals surface area contributed by atoms with Gasteiger partial charge in [-0.3, -0.25) is 14.7 Å². The average molecular weight is 311 g/mol. The van der Waals surface area contributed by atoms with Crippen molar-refractivity contribution >= 4 is 11.9 Å². The molecule has 0 aromatic rings. The van der Waals surface area contributed by atoms with Crippen molar-refractivity contribution in [2.45, 2.75) is 31.7 Å². The molecule has 126 valence electrons. The van der Waals surface area contributed by atoms with Crippen LogP contribution in [0.25, 0.3) is 0 Å². The summed E-state index contributed by atoms with van der Waals surface area (Å²) in [6.45, 7) is 6.28. The summed E-state index contributed by atoms with van der Waals surface area (Å²) in [7, 11) is 1.77. The van der Waals surface area contributed by atoms with Crippen molar-refractivity contribution in [1.82, 2.24) is 20.9 Å². The minimum Gasteiger partial charge on any atom is -0.379 e. The first-order chi connectivity index (χ1) is 10.8. The standard InChI is InChI=1S/C15H29N5O2/c1-16-15(18-7-8-20-9-11-22-12-10-20)17-6-2-3-14(21)19-13-4-5-13/h13H,2-12H2,1H3,(H,19,21)(H2,16,17,18). The van der Waals surface area contributed by atoms with Gasteiger partial charge in [0.2, 0.25) is 5.91 Å². The molecule has 2 aliphatic rings. The molecule has 7 nitrogen and oxygen atoms in total. The molecule has 1 saturated carbocycles. The lowest BCUT2D eigenvalue weighted by Crippen LogP contribution is -2.44. The number of carbonyl (C=O) groups excluding carboxylic acids is 1. The van der Waals surface area contributed by atoms with Gasteiger partial charge in [-0.25, -0.2) is 0 Å². The molecular weight excluding hydrogens is 282 g/mol. The molecule has 0 aromatic carbocycles. The van der Waals surface area contributed by atoms with E-state index < -0.39 is 0 Å². The summed E-state index contributed by atoms with van der Waals surface area (Å²) in [5.74, 6) is 0.968. The van der Waals surface area contributed by atoms with Crippen molar-refractivity contribution in [3.63, 3.8) is 0 Å². The Morgan fingerprint density at radius 3 is 2.64 bits per heavy atom. The number of amides is 1. The van der Waals surface area contributed by atoms with E-state index in [1.807, 2.05) is 0 Å². The van der Waals surface area contributed by atoms with E-state index >= 15 is 0 Å². The van der Waals surface area contributed by atoms with Gasteiger partial charge < -0.3 is 20.7 Å². The molecule has 7 heteroatoms. The Bertz CT molecular complexity index is 365. The molecule has 0 bridgehead atoms. The maximum Gasteiger partial charge on any atom is 0.220 e. The van der Waals surface area contributed by atoms with Gasteiger partial charge >= 0.3 is 0 Å². The molecule has 0 aromatic heterocycles. The van der Waals surface area contributed by atoms with Crippen molar-refractivity contribution in [3.8, 4) is 0 Å². The second kappa shape index (κ2) is 9.63. The second-order valence-electron chi connectivity index (χ2n) is 5.83. The highest BCUT2D eigenvalue weighted by Gasteiger charge is 2.22. The van der Waals surface area contributed by atoms with E-state index in [-0.39, 0.29) is 5.91 Å². The van der Waals surface area contributed by atoms with Crippen LogP contribution in [0.3, 0.4) is 0 Å². The second-order valence-corrected chi connectivity index (χ2v) is 5.83. The largest absolute Gasteiger partial charge is 0.379 e. The van der Waals surface area contributed by atoms with Crippen molar-refractivity contribution in [1.29, 1.82) is 0 Å². The highest BCUT2D eigenvalue weighted by molar-refractivity contribution is 5.80. The molecule has 1 amide bonds. The van der Waals surface area contributed by atoms with Crippen LogP contribution in [0.1, 0.15) is 25.7 Å². The normalized spacial score (nSPS) is 19.8. The number of guanidine groups is 1. The van der Waals surface area contributed by atoms with Crippen LogP contribution in [0.5, 0.6) is 0 Å². The Labute approximate surface area is 132 Å². The van der Waals surface area contributed by atoms with Crippen LogP contribution in [0, 0.1) is 0 Å². The van der Waals surface area contributed by atoms with Gasteiger partial charge in [0, 0.05) is 52.2 Å². The summed E-state index contributed by atoms with van der Waals surface area (Å²) in [4.78, 5) is 18.1. The molecule has 2 fully saturated rings.